The van der Waals surface area contributed by atoms with Crippen LogP contribution in [0.15, 0.2) is 59.8 Å². The number of Topliss-reactive ketones (excluding diaryl/α,β-unsaturated/α-hetero) is 1. The van der Waals surface area contributed by atoms with Crippen LogP contribution in [0, 0.1) is 20.8 Å². The Labute approximate surface area is 162 Å². The van der Waals surface area contributed by atoms with Crippen LogP contribution in [0.2, 0.25) is 0 Å². The zero-order valence-corrected chi connectivity index (χ0v) is 16.0. The topological polar surface area (TPSA) is 69.8 Å². The molecule has 0 atom stereocenters. The summed E-state index contributed by atoms with van der Waals surface area (Å²) in [6.07, 6.45) is 2.93. The summed E-state index contributed by atoms with van der Waals surface area (Å²) in [5.74, 6) is -0.118. The summed E-state index contributed by atoms with van der Waals surface area (Å²) in [6.45, 7) is 5.81. The summed E-state index contributed by atoms with van der Waals surface area (Å²) < 4.78 is 3.00. The molecule has 0 aliphatic carbocycles. The van der Waals surface area contributed by atoms with E-state index in [1.165, 1.54) is 17.1 Å². The van der Waals surface area contributed by atoms with Crippen molar-refractivity contribution < 1.29 is 4.79 Å². The lowest BCUT2D eigenvalue weighted by atomic mass is 10.0. The molecule has 0 amide bonds. The van der Waals surface area contributed by atoms with Gasteiger partial charge in [0, 0.05) is 5.56 Å². The van der Waals surface area contributed by atoms with Crippen molar-refractivity contribution in [3.05, 3.63) is 87.6 Å². The largest absolute Gasteiger partial charge is 0.292 e. The number of fused-ring (bicyclic) bond motifs is 1. The highest BCUT2D eigenvalue weighted by Gasteiger charge is 2.15. The normalized spacial score (nSPS) is 11.1. The number of hydrogen-bond donors (Lipinski definition) is 0. The summed E-state index contributed by atoms with van der Waals surface area (Å²) in [5, 5.41) is 4.73. The van der Waals surface area contributed by atoms with E-state index in [1.54, 1.807) is 10.7 Å². The molecular formula is C22H20N4O2. The molecule has 4 aromatic rings. The minimum Gasteiger partial charge on any atom is -0.292 e. The number of carbonyl (C=O) groups is 1. The molecule has 28 heavy (non-hydrogen) atoms. The number of carbonyl (C=O) groups excluding carboxylic acids is 1. The molecule has 0 aliphatic rings. The first-order valence-corrected chi connectivity index (χ1v) is 9.05. The Balaban J connectivity index is 1.72. The van der Waals surface area contributed by atoms with Crippen molar-refractivity contribution in [1.29, 1.82) is 0 Å². The Morgan fingerprint density at radius 3 is 2.57 bits per heavy atom. The third-order valence-corrected chi connectivity index (χ3v) is 4.89. The Bertz CT molecular complexity index is 1270. The fraction of sp³-hybridized carbons (Fsp3) is 0.182. The van der Waals surface area contributed by atoms with Gasteiger partial charge in [0.25, 0.3) is 5.56 Å². The molecule has 0 saturated heterocycles. The van der Waals surface area contributed by atoms with Crippen molar-refractivity contribution in [1.82, 2.24) is 19.3 Å². The van der Waals surface area contributed by atoms with Gasteiger partial charge in [0.1, 0.15) is 11.7 Å². The molecule has 0 aliphatic heterocycles. The van der Waals surface area contributed by atoms with Gasteiger partial charge in [-0.15, -0.1) is 0 Å². The van der Waals surface area contributed by atoms with Crippen LogP contribution in [0.5, 0.6) is 0 Å². The van der Waals surface area contributed by atoms with Crippen LogP contribution >= 0.6 is 0 Å². The fourth-order valence-corrected chi connectivity index (χ4v) is 3.40. The van der Waals surface area contributed by atoms with E-state index in [2.05, 4.69) is 10.1 Å². The molecule has 2 heterocycles. The Morgan fingerprint density at radius 1 is 1.04 bits per heavy atom. The number of para-hydroxylation sites is 1. The molecule has 0 radical (unpaired) electrons. The summed E-state index contributed by atoms with van der Waals surface area (Å²) >= 11 is 0. The van der Waals surface area contributed by atoms with E-state index >= 15 is 0 Å². The van der Waals surface area contributed by atoms with E-state index in [0.717, 1.165) is 22.4 Å². The van der Waals surface area contributed by atoms with E-state index in [-0.39, 0.29) is 17.9 Å². The number of rotatable bonds is 4. The second kappa shape index (κ2) is 6.88. The summed E-state index contributed by atoms with van der Waals surface area (Å²) in [6, 6.07) is 13.4. The summed E-state index contributed by atoms with van der Waals surface area (Å²) in [5.41, 5.74) is 4.72. The van der Waals surface area contributed by atoms with Gasteiger partial charge in [0.05, 0.1) is 18.4 Å². The van der Waals surface area contributed by atoms with Gasteiger partial charge in [0.2, 0.25) is 0 Å². The molecular weight excluding hydrogens is 352 g/mol. The van der Waals surface area contributed by atoms with Crippen molar-refractivity contribution in [2.45, 2.75) is 27.3 Å². The molecule has 2 aromatic carbocycles. The van der Waals surface area contributed by atoms with Gasteiger partial charge in [-0.2, -0.15) is 5.10 Å². The third-order valence-electron chi connectivity index (χ3n) is 4.89. The second-order valence-corrected chi connectivity index (χ2v) is 7.00. The van der Waals surface area contributed by atoms with Crippen molar-refractivity contribution in [2.75, 3.05) is 0 Å². The van der Waals surface area contributed by atoms with Gasteiger partial charge >= 0.3 is 0 Å². The molecule has 6 heteroatoms. The smallest absolute Gasteiger partial charge is 0.264 e. The third kappa shape index (κ3) is 3.03. The molecule has 0 spiro atoms. The van der Waals surface area contributed by atoms with Crippen LogP contribution in [0.1, 0.15) is 27.0 Å². The number of ketones is 1. The lowest BCUT2D eigenvalue weighted by Gasteiger charge is -2.09. The first kappa shape index (κ1) is 17.9. The highest BCUT2D eigenvalue weighted by molar-refractivity contribution is 5.97. The molecule has 0 N–H and O–H groups in total. The Morgan fingerprint density at radius 2 is 1.82 bits per heavy atom. The SMILES string of the molecule is Cc1ccc(C(=O)Cn2cnc3c(cnn3-c3ccccc3C)c2=O)c(C)c1. The predicted molar refractivity (Wildman–Crippen MR) is 108 cm³/mol. The van der Waals surface area contributed by atoms with Crippen molar-refractivity contribution >= 4 is 16.8 Å². The maximum atomic E-state index is 12.9. The van der Waals surface area contributed by atoms with E-state index in [9.17, 15) is 9.59 Å². The first-order chi connectivity index (χ1) is 13.5. The first-order valence-electron chi connectivity index (χ1n) is 9.05. The van der Waals surface area contributed by atoms with Crippen LogP contribution in [-0.4, -0.2) is 25.1 Å². The van der Waals surface area contributed by atoms with Crippen molar-refractivity contribution in [2.24, 2.45) is 0 Å². The van der Waals surface area contributed by atoms with Crippen LogP contribution in [-0.2, 0) is 6.54 Å². The summed E-state index contributed by atoms with van der Waals surface area (Å²) in [7, 11) is 0. The van der Waals surface area contributed by atoms with E-state index in [4.69, 9.17) is 0 Å². The Kier molecular flexibility index (Phi) is 4.39. The standard InChI is InChI=1S/C22H20N4O2/c1-14-8-9-17(16(3)10-14)20(27)12-25-13-23-21-18(22(25)28)11-24-26(21)19-7-5-4-6-15(19)2/h4-11,13H,12H2,1-3H3. The van der Waals surface area contributed by atoms with Crippen LogP contribution in [0.3, 0.4) is 0 Å². The number of benzene rings is 2. The van der Waals surface area contributed by atoms with Gasteiger partial charge in [0.15, 0.2) is 11.4 Å². The molecule has 4 rings (SSSR count). The zero-order chi connectivity index (χ0) is 19.8. The Hall–Kier alpha value is -3.54. The second-order valence-electron chi connectivity index (χ2n) is 7.00. The molecule has 0 unspecified atom stereocenters. The summed E-state index contributed by atoms with van der Waals surface area (Å²) in [4.78, 5) is 30.0. The number of nitrogens with zero attached hydrogens (tertiary/aromatic N) is 4. The monoisotopic (exact) mass is 372 g/mol. The average molecular weight is 372 g/mol. The molecule has 140 valence electrons. The molecule has 6 nitrogen and oxygen atoms in total. The van der Waals surface area contributed by atoms with Gasteiger partial charge in [-0.3, -0.25) is 14.2 Å². The average Bonchev–Trinajstić information content (AvgIpc) is 3.09. The van der Waals surface area contributed by atoms with Gasteiger partial charge < -0.3 is 0 Å². The minimum atomic E-state index is -0.275. The highest BCUT2D eigenvalue weighted by atomic mass is 16.1. The van der Waals surface area contributed by atoms with Gasteiger partial charge in [-0.1, -0.05) is 42.0 Å². The molecule has 0 bridgehead atoms. The van der Waals surface area contributed by atoms with E-state index < -0.39 is 0 Å². The molecule has 0 fully saturated rings. The van der Waals surface area contributed by atoms with Gasteiger partial charge in [-0.25, -0.2) is 9.67 Å². The van der Waals surface area contributed by atoms with Gasteiger partial charge in [-0.05, 0) is 38.0 Å². The van der Waals surface area contributed by atoms with Crippen LogP contribution < -0.4 is 5.56 Å². The minimum absolute atomic E-state index is 0.0543. The lowest BCUT2D eigenvalue weighted by Crippen LogP contribution is -2.25. The number of aromatic nitrogens is 4. The quantitative estimate of drug-likeness (QED) is 0.515. The van der Waals surface area contributed by atoms with Crippen LogP contribution in [0.25, 0.3) is 16.7 Å². The predicted octanol–water partition coefficient (Wildman–Crippen LogP) is 3.39. The molecule has 0 saturated carbocycles. The van der Waals surface area contributed by atoms with Crippen LogP contribution in [0.4, 0.5) is 0 Å². The van der Waals surface area contributed by atoms with Crippen molar-refractivity contribution in [3.8, 4) is 5.69 Å². The lowest BCUT2D eigenvalue weighted by molar-refractivity contribution is 0.0970. The maximum Gasteiger partial charge on any atom is 0.264 e. The highest BCUT2D eigenvalue weighted by Crippen LogP contribution is 2.17. The zero-order valence-electron chi connectivity index (χ0n) is 16.0. The maximum absolute atomic E-state index is 12.9. The fourth-order valence-electron chi connectivity index (χ4n) is 3.40. The number of hydrogen-bond acceptors (Lipinski definition) is 4. The van der Waals surface area contributed by atoms with E-state index in [1.807, 2.05) is 57.2 Å². The number of aryl methyl sites for hydroxylation is 3. The van der Waals surface area contributed by atoms with Crippen molar-refractivity contribution in [3.63, 3.8) is 0 Å². The molecule has 2 aromatic heterocycles. The van der Waals surface area contributed by atoms with E-state index in [0.29, 0.717) is 16.6 Å².